The Bertz CT molecular complexity index is 129. The van der Waals surface area contributed by atoms with E-state index in [0.717, 1.165) is 0 Å². The Balaban J connectivity index is 0.000000187. The fourth-order valence-corrected chi connectivity index (χ4v) is 0.385. The third-order valence-electron chi connectivity index (χ3n) is 0.667. The van der Waals surface area contributed by atoms with Gasteiger partial charge in [0.2, 0.25) is 0 Å². The zero-order valence-electron chi connectivity index (χ0n) is 7.54. The van der Waals surface area contributed by atoms with Crippen molar-refractivity contribution in [3.8, 4) is 0 Å². The quantitative estimate of drug-likeness (QED) is 0.605. The minimum atomic E-state index is 0. The minimum absolute atomic E-state index is 0. The maximum atomic E-state index is 5.35. The number of benzene rings is 1. The summed E-state index contributed by atoms with van der Waals surface area (Å²) in [6.45, 7) is 5.90. The van der Waals surface area contributed by atoms with Gasteiger partial charge in [0.15, 0.2) is 0 Å². The molecule has 0 saturated heterocycles. The standard InChI is InChI=1S/C6H6.C4H11N/c1-2-4-6-5-3-1;1-4(2,3)5/h1-6H;5H2,1-3H3. The Kier molecular flexibility index (Phi) is 4.55. The van der Waals surface area contributed by atoms with Gasteiger partial charge >= 0.3 is 0 Å². The topological polar surface area (TPSA) is 26.0 Å². The molecule has 62 valence electrons. The van der Waals surface area contributed by atoms with Crippen molar-refractivity contribution in [2.75, 3.05) is 0 Å². The molecule has 0 aliphatic rings. The molecule has 1 heteroatoms. The summed E-state index contributed by atoms with van der Waals surface area (Å²) in [5.74, 6) is 0. The average Bonchev–Trinajstić information content (AvgIpc) is 1.88. The molecule has 0 unspecified atom stereocenters. The second-order valence-corrected chi connectivity index (χ2v) is 3.52. The summed E-state index contributed by atoms with van der Waals surface area (Å²) in [5.41, 5.74) is 5.35. The van der Waals surface area contributed by atoms with E-state index in [-0.39, 0.29) is 5.54 Å². The van der Waals surface area contributed by atoms with Crippen LogP contribution in [0, 0.1) is 0 Å². The van der Waals surface area contributed by atoms with Gasteiger partial charge in [-0.15, -0.1) is 0 Å². The molecule has 2 N–H and O–H groups in total. The Morgan fingerprint density at radius 2 is 0.818 bits per heavy atom. The molecule has 0 fully saturated rings. The molecule has 11 heavy (non-hydrogen) atoms. The molecule has 0 spiro atoms. The van der Waals surface area contributed by atoms with Gasteiger partial charge in [-0.2, -0.15) is 0 Å². The molecule has 0 heterocycles. The van der Waals surface area contributed by atoms with Crippen molar-refractivity contribution in [1.29, 1.82) is 0 Å². The molecule has 0 amide bonds. The fourth-order valence-electron chi connectivity index (χ4n) is 0.385. The maximum Gasteiger partial charge on any atom is 0.00686 e. The van der Waals surface area contributed by atoms with Gasteiger partial charge in [0, 0.05) is 5.54 Å². The first-order chi connectivity index (χ1) is 5.00. The van der Waals surface area contributed by atoms with Crippen LogP contribution in [0.3, 0.4) is 0 Å². The van der Waals surface area contributed by atoms with Crippen molar-refractivity contribution in [2.24, 2.45) is 5.73 Å². The van der Waals surface area contributed by atoms with Crippen molar-refractivity contribution in [1.82, 2.24) is 0 Å². The van der Waals surface area contributed by atoms with E-state index in [1.54, 1.807) is 0 Å². The van der Waals surface area contributed by atoms with Gasteiger partial charge in [-0.3, -0.25) is 0 Å². The first-order valence-corrected chi connectivity index (χ1v) is 3.79. The van der Waals surface area contributed by atoms with E-state index in [0.29, 0.717) is 0 Å². The Hall–Kier alpha value is -0.820. The Morgan fingerprint density at radius 3 is 0.909 bits per heavy atom. The van der Waals surface area contributed by atoms with Crippen LogP contribution < -0.4 is 5.73 Å². The number of hydrogen-bond acceptors (Lipinski definition) is 1. The van der Waals surface area contributed by atoms with E-state index in [9.17, 15) is 0 Å². The van der Waals surface area contributed by atoms with Gasteiger partial charge < -0.3 is 5.73 Å². The molecule has 1 aromatic carbocycles. The minimum Gasteiger partial charge on any atom is -0.326 e. The van der Waals surface area contributed by atoms with Crippen LogP contribution in [0.15, 0.2) is 36.4 Å². The smallest absolute Gasteiger partial charge is 0.00686 e. The zero-order chi connectivity index (χ0) is 8.74. The molecule has 0 aliphatic carbocycles. The number of hydrogen-bond donors (Lipinski definition) is 1. The van der Waals surface area contributed by atoms with Crippen molar-refractivity contribution in [3.05, 3.63) is 36.4 Å². The predicted molar refractivity (Wildman–Crippen MR) is 50.4 cm³/mol. The highest BCUT2D eigenvalue weighted by Gasteiger charge is 1.95. The van der Waals surface area contributed by atoms with Gasteiger partial charge in [0.05, 0.1) is 0 Å². The Morgan fingerprint density at radius 1 is 0.727 bits per heavy atom. The normalized spacial score (nSPS) is 9.82. The van der Waals surface area contributed by atoms with Crippen LogP contribution in [0.4, 0.5) is 0 Å². The van der Waals surface area contributed by atoms with Gasteiger partial charge in [-0.05, 0) is 20.8 Å². The molecule has 0 radical (unpaired) electrons. The largest absolute Gasteiger partial charge is 0.326 e. The highest BCUT2D eigenvalue weighted by Crippen LogP contribution is 1.88. The van der Waals surface area contributed by atoms with Crippen LogP contribution in [0.25, 0.3) is 0 Å². The molecule has 1 aromatic rings. The lowest BCUT2D eigenvalue weighted by Gasteiger charge is -2.06. The summed E-state index contributed by atoms with van der Waals surface area (Å²) >= 11 is 0. The molecule has 1 nitrogen and oxygen atoms in total. The molecular weight excluding hydrogens is 134 g/mol. The van der Waals surface area contributed by atoms with Gasteiger partial charge in [-0.25, -0.2) is 0 Å². The van der Waals surface area contributed by atoms with Crippen molar-refractivity contribution in [3.63, 3.8) is 0 Å². The lowest BCUT2D eigenvalue weighted by Crippen LogP contribution is -2.26. The summed E-state index contributed by atoms with van der Waals surface area (Å²) in [5, 5.41) is 0. The van der Waals surface area contributed by atoms with Crippen LogP contribution in [-0.2, 0) is 0 Å². The van der Waals surface area contributed by atoms with Crippen molar-refractivity contribution >= 4 is 0 Å². The summed E-state index contributed by atoms with van der Waals surface area (Å²) < 4.78 is 0. The van der Waals surface area contributed by atoms with E-state index in [1.165, 1.54) is 0 Å². The summed E-state index contributed by atoms with van der Waals surface area (Å²) in [7, 11) is 0. The SMILES string of the molecule is CC(C)(C)N.c1ccccc1. The second-order valence-electron chi connectivity index (χ2n) is 3.52. The highest BCUT2D eigenvalue weighted by atomic mass is 14.7. The fraction of sp³-hybridized carbons (Fsp3) is 0.400. The van der Waals surface area contributed by atoms with E-state index in [4.69, 9.17) is 5.73 Å². The highest BCUT2D eigenvalue weighted by molar-refractivity contribution is 4.99. The lowest BCUT2D eigenvalue weighted by molar-refractivity contribution is 0.580. The summed E-state index contributed by atoms with van der Waals surface area (Å²) in [4.78, 5) is 0. The first-order valence-electron chi connectivity index (χ1n) is 3.79. The van der Waals surface area contributed by atoms with E-state index < -0.39 is 0 Å². The molecule has 0 aliphatic heterocycles. The molecule has 0 atom stereocenters. The predicted octanol–water partition coefficient (Wildman–Crippen LogP) is 2.43. The number of nitrogens with two attached hydrogens (primary N) is 1. The maximum absolute atomic E-state index is 5.35. The monoisotopic (exact) mass is 151 g/mol. The van der Waals surface area contributed by atoms with Gasteiger partial charge in [0.25, 0.3) is 0 Å². The van der Waals surface area contributed by atoms with Crippen LogP contribution in [0.5, 0.6) is 0 Å². The van der Waals surface area contributed by atoms with E-state index in [2.05, 4.69) is 0 Å². The van der Waals surface area contributed by atoms with Crippen LogP contribution >= 0.6 is 0 Å². The molecule has 1 rings (SSSR count). The van der Waals surface area contributed by atoms with E-state index in [1.807, 2.05) is 57.2 Å². The third kappa shape index (κ3) is 17.6. The van der Waals surface area contributed by atoms with E-state index >= 15 is 0 Å². The van der Waals surface area contributed by atoms with Crippen molar-refractivity contribution in [2.45, 2.75) is 26.3 Å². The lowest BCUT2D eigenvalue weighted by atomic mass is 10.1. The molecular formula is C10H17N. The average molecular weight is 151 g/mol. The van der Waals surface area contributed by atoms with Crippen LogP contribution in [0.2, 0.25) is 0 Å². The molecule has 0 saturated carbocycles. The van der Waals surface area contributed by atoms with Gasteiger partial charge in [-0.1, -0.05) is 36.4 Å². The third-order valence-corrected chi connectivity index (χ3v) is 0.667. The number of rotatable bonds is 0. The van der Waals surface area contributed by atoms with Crippen molar-refractivity contribution < 1.29 is 0 Å². The summed E-state index contributed by atoms with van der Waals surface area (Å²) in [6, 6.07) is 12.0. The van der Waals surface area contributed by atoms with Crippen LogP contribution in [0.1, 0.15) is 20.8 Å². The van der Waals surface area contributed by atoms with Gasteiger partial charge in [0.1, 0.15) is 0 Å². The zero-order valence-corrected chi connectivity index (χ0v) is 7.54. The molecule has 0 bridgehead atoms. The molecule has 0 aromatic heterocycles. The second kappa shape index (κ2) is 4.91. The summed E-state index contributed by atoms with van der Waals surface area (Å²) in [6.07, 6.45) is 0. The van der Waals surface area contributed by atoms with Crippen LogP contribution in [-0.4, -0.2) is 5.54 Å². The Labute approximate surface area is 69.2 Å². The first kappa shape index (κ1) is 10.2.